The van der Waals surface area contributed by atoms with Gasteiger partial charge in [-0.25, -0.2) is 4.79 Å². The highest BCUT2D eigenvalue weighted by Gasteiger charge is 2.22. The van der Waals surface area contributed by atoms with Gasteiger partial charge in [0.15, 0.2) is 0 Å². The number of benzene rings is 2. The molecule has 0 aromatic heterocycles. The Hall–Kier alpha value is -1.33. The van der Waals surface area contributed by atoms with E-state index in [0.717, 1.165) is 26.5 Å². The van der Waals surface area contributed by atoms with E-state index in [1.165, 1.54) is 5.56 Å². The van der Waals surface area contributed by atoms with Crippen molar-refractivity contribution < 1.29 is 9.53 Å². The van der Waals surface area contributed by atoms with Crippen molar-refractivity contribution in [2.24, 2.45) is 0 Å². The van der Waals surface area contributed by atoms with Crippen molar-refractivity contribution in [3.8, 4) is 0 Å². The van der Waals surface area contributed by atoms with Crippen molar-refractivity contribution in [3.05, 3.63) is 68.1 Å². The van der Waals surface area contributed by atoms with E-state index in [9.17, 15) is 4.79 Å². The van der Waals surface area contributed by atoms with Gasteiger partial charge in [-0.3, -0.25) is 0 Å². The summed E-state index contributed by atoms with van der Waals surface area (Å²) in [6.45, 7) is 1.59. The molecule has 0 N–H and O–H groups in total. The molecular formula is C17H15Br2NO2. The molecule has 0 fully saturated rings. The Bertz CT molecular complexity index is 689. The van der Waals surface area contributed by atoms with Gasteiger partial charge in [-0.15, -0.1) is 0 Å². The van der Waals surface area contributed by atoms with Gasteiger partial charge in [-0.1, -0.05) is 30.3 Å². The lowest BCUT2D eigenvalue weighted by molar-refractivity contribution is 0.0918. The van der Waals surface area contributed by atoms with E-state index in [2.05, 4.69) is 44.0 Å². The summed E-state index contributed by atoms with van der Waals surface area (Å²) in [5.41, 5.74) is 3.44. The van der Waals surface area contributed by atoms with Crippen LogP contribution >= 0.6 is 31.9 Å². The van der Waals surface area contributed by atoms with Crippen LogP contribution in [0.15, 0.2) is 51.4 Å². The first-order chi connectivity index (χ1) is 10.6. The van der Waals surface area contributed by atoms with Crippen LogP contribution in [0.3, 0.4) is 0 Å². The second-order valence-corrected chi connectivity index (χ2v) is 6.96. The lowest BCUT2D eigenvalue weighted by Crippen LogP contribution is -2.36. The average Bonchev–Trinajstić information content (AvgIpc) is 2.54. The standard InChI is InChI=1S/C17H15Br2NO2/c18-15-8-13-6-7-20(10-14(13)9-16(15)19)17(21)22-11-12-4-2-1-3-5-12/h1-5,8-9H,6-7,10-11H2. The van der Waals surface area contributed by atoms with Gasteiger partial charge in [0.2, 0.25) is 0 Å². The SMILES string of the molecule is O=C(OCc1ccccc1)N1CCc2cc(Br)c(Br)cc2C1. The quantitative estimate of drug-likeness (QED) is 0.685. The molecule has 0 aliphatic carbocycles. The number of halogens is 2. The van der Waals surface area contributed by atoms with Gasteiger partial charge < -0.3 is 9.64 Å². The number of ether oxygens (including phenoxy) is 1. The molecule has 3 nitrogen and oxygen atoms in total. The van der Waals surface area contributed by atoms with Crippen LogP contribution < -0.4 is 0 Å². The highest BCUT2D eigenvalue weighted by Crippen LogP contribution is 2.30. The number of rotatable bonds is 2. The molecule has 0 unspecified atom stereocenters. The summed E-state index contributed by atoms with van der Waals surface area (Å²) in [5, 5.41) is 0. The second kappa shape index (κ2) is 6.84. The van der Waals surface area contributed by atoms with Crippen LogP contribution in [0, 0.1) is 0 Å². The van der Waals surface area contributed by atoms with Gasteiger partial charge in [0.1, 0.15) is 6.61 Å². The topological polar surface area (TPSA) is 29.5 Å². The molecule has 1 heterocycles. The molecular weight excluding hydrogens is 410 g/mol. The summed E-state index contributed by atoms with van der Waals surface area (Å²) < 4.78 is 7.46. The maximum Gasteiger partial charge on any atom is 0.410 e. The fourth-order valence-electron chi connectivity index (χ4n) is 2.52. The summed E-state index contributed by atoms with van der Waals surface area (Å²) in [5.74, 6) is 0. The minimum atomic E-state index is -0.256. The van der Waals surface area contributed by atoms with Gasteiger partial charge in [-0.05, 0) is 67.1 Å². The fourth-order valence-corrected chi connectivity index (χ4v) is 3.30. The van der Waals surface area contributed by atoms with E-state index >= 15 is 0 Å². The predicted molar refractivity (Wildman–Crippen MR) is 92.6 cm³/mol. The maximum atomic E-state index is 12.2. The maximum absolute atomic E-state index is 12.2. The van der Waals surface area contributed by atoms with Gasteiger partial charge in [0, 0.05) is 22.0 Å². The van der Waals surface area contributed by atoms with E-state index in [0.29, 0.717) is 19.7 Å². The lowest BCUT2D eigenvalue weighted by Gasteiger charge is -2.28. The molecule has 0 spiro atoms. The molecule has 114 valence electrons. The zero-order valence-electron chi connectivity index (χ0n) is 11.9. The minimum Gasteiger partial charge on any atom is -0.445 e. The third-order valence-electron chi connectivity index (χ3n) is 3.72. The molecule has 1 amide bonds. The minimum absolute atomic E-state index is 0.256. The molecule has 1 aliphatic heterocycles. The number of nitrogens with zero attached hydrogens (tertiary/aromatic N) is 1. The number of amides is 1. The van der Waals surface area contributed by atoms with E-state index < -0.39 is 0 Å². The van der Waals surface area contributed by atoms with Gasteiger partial charge in [0.25, 0.3) is 0 Å². The Morgan fingerprint density at radius 2 is 1.77 bits per heavy atom. The molecule has 0 saturated carbocycles. The molecule has 5 heteroatoms. The molecule has 2 aromatic carbocycles. The first-order valence-electron chi connectivity index (χ1n) is 7.06. The molecule has 3 rings (SSSR count). The van der Waals surface area contributed by atoms with Crippen LogP contribution in [0.4, 0.5) is 4.79 Å². The molecule has 0 radical (unpaired) electrons. The third-order valence-corrected chi connectivity index (χ3v) is 5.56. The monoisotopic (exact) mass is 423 g/mol. The summed E-state index contributed by atoms with van der Waals surface area (Å²) in [6, 6.07) is 13.9. The number of fused-ring (bicyclic) bond motifs is 1. The average molecular weight is 425 g/mol. The molecule has 0 bridgehead atoms. The largest absolute Gasteiger partial charge is 0.445 e. The zero-order chi connectivity index (χ0) is 15.5. The van der Waals surface area contributed by atoms with E-state index in [-0.39, 0.29) is 6.09 Å². The fraction of sp³-hybridized carbons (Fsp3) is 0.235. The second-order valence-electron chi connectivity index (χ2n) is 5.25. The Kier molecular flexibility index (Phi) is 4.84. The first kappa shape index (κ1) is 15.6. The van der Waals surface area contributed by atoms with Crippen molar-refractivity contribution in [2.75, 3.05) is 6.54 Å². The number of carbonyl (C=O) groups is 1. The Morgan fingerprint density at radius 3 is 2.50 bits per heavy atom. The first-order valence-corrected chi connectivity index (χ1v) is 8.64. The zero-order valence-corrected chi connectivity index (χ0v) is 15.1. The van der Waals surface area contributed by atoms with Gasteiger partial charge >= 0.3 is 6.09 Å². The van der Waals surface area contributed by atoms with Crippen LogP contribution in [-0.4, -0.2) is 17.5 Å². The number of hydrogen-bond donors (Lipinski definition) is 0. The van der Waals surface area contributed by atoms with E-state index in [4.69, 9.17) is 4.74 Å². The Balaban J connectivity index is 1.64. The summed E-state index contributed by atoms with van der Waals surface area (Å²) in [4.78, 5) is 14.0. The van der Waals surface area contributed by atoms with Crippen LogP contribution in [0.2, 0.25) is 0 Å². The van der Waals surface area contributed by atoms with Crippen LogP contribution in [0.5, 0.6) is 0 Å². The molecule has 0 saturated heterocycles. The van der Waals surface area contributed by atoms with Crippen LogP contribution in [-0.2, 0) is 24.3 Å². The Morgan fingerprint density at radius 1 is 1.09 bits per heavy atom. The highest BCUT2D eigenvalue weighted by atomic mass is 79.9. The molecule has 0 atom stereocenters. The third kappa shape index (κ3) is 3.52. The predicted octanol–water partition coefficient (Wildman–Crippen LogP) is 4.91. The van der Waals surface area contributed by atoms with Crippen LogP contribution in [0.25, 0.3) is 0 Å². The molecule has 22 heavy (non-hydrogen) atoms. The van der Waals surface area contributed by atoms with Crippen molar-refractivity contribution in [1.29, 1.82) is 0 Å². The van der Waals surface area contributed by atoms with Gasteiger partial charge in [0.05, 0.1) is 0 Å². The normalized spacial score (nSPS) is 13.6. The lowest BCUT2D eigenvalue weighted by atomic mass is 10.0. The van der Waals surface area contributed by atoms with Crippen molar-refractivity contribution >= 4 is 38.0 Å². The highest BCUT2D eigenvalue weighted by molar-refractivity contribution is 9.13. The smallest absolute Gasteiger partial charge is 0.410 e. The summed E-state index contributed by atoms with van der Waals surface area (Å²) in [6.07, 6.45) is 0.593. The number of hydrogen-bond acceptors (Lipinski definition) is 2. The van der Waals surface area contributed by atoms with Crippen molar-refractivity contribution in [3.63, 3.8) is 0 Å². The number of carbonyl (C=O) groups excluding carboxylic acids is 1. The van der Waals surface area contributed by atoms with Crippen molar-refractivity contribution in [1.82, 2.24) is 4.90 Å². The summed E-state index contributed by atoms with van der Waals surface area (Å²) >= 11 is 7.03. The molecule has 2 aromatic rings. The van der Waals surface area contributed by atoms with Gasteiger partial charge in [-0.2, -0.15) is 0 Å². The van der Waals surface area contributed by atoms with E-state index in [1.54, 1.807) is 4.90 Å². The van der Waals surface area contributed by atoms with Crippen LogP contribution in [0.1, 0.15) is 16.7 Å². The summed E-state index contributed by atoms with van der Waals surface area (Å²) in [7, 11) is 0. The van der Waals surface area contributed by atoms with E-state index in [1.807, 2.05) is 30.3 Å². The molecule has 1 aliphatic rings. The Labute approximate surface area is 146 Å². The van der Waals surface area contributed by atoms with Crippen molar-refractivity contribution in [2.45, 2.75) is 19.6 Å².